The number of amides is 2. The predicted molar refractivity (Wildman–Crippen MR) is 86.8 cm³/mol. The smallest absolute Gasteiger partial charge is 0.249 e. The van der Waals surface area contributed by atoms with Crippen LogP contribution >= 0.6 is 0 Å². The van der Waals surface area contributed by atoms with Crippen LogP contribution in [0.3, 0.4) is 0 Å². The molecule has 1 aliphatic heterocycles. The summed E-state index contributed by atoms with van der Waals surface area (Å²) in [6, 6.07) is 10.9. The Bertz CT molecular complexity index is 684. The molecule has 0 unspecified atom stereocenters. The number of carbonyl (C=O) groups is 2. The van der Waals surface area contributed by atoms with E-state index >= 15 is 0 Å². The maximum Gasteiger partial charge on any atom is 0.249 e. The van der Waals surface area contributed by atoms with Crippen LogP contribution in [0, 0.1) is 0 Å². The highest BCUT2D eigenvalue weighted by molar-refractivity contribution is 5.89. The second-order valence-corrected chi connectivity index (χ2v) is 5.86. The van der Waals surface area contributed by atoms with Gasteiger partial charge in [-0.05, 0) is 11.6 Å². The van der Waals surface area contributed by atoms with Gasteiger partial charge in [-0.15, -0.1) is 0 Å². The summed E-state index contributed by atoms with van der Waals surface area (Å²) in [5.41, 5.74) is 1.89. The lowest BCUT2D eigenvalue weighted by molar-refractivity contribution is -0.159. The quantitative estimate of drug-likeness (QED) is 0.837. The Labute approximate surface area is 140 Å². The third-order valence-corrected chi connectivity index (χ3v) is 4.05. The summed E-state index contributed by atoms with van der Waals surface area (Å²) in [5, 5.41) is 0. The predicted octanol–water partition coefficient (Wildman–Crippen LogP) is 1.67. The van der Waals surface area contributed by atoms with E-state index in [9.17, 15) is 9.59 Å². The normalized spacial score (nSPS) is 17.8. The molecule has 1 saturated heterocycles. The van der Waals surface area contributed by atoms with Crippen LogP contribution in [0.15, 0.2) is 53.3 Å². The third kappa shape index (κ3) is 3.65. The molecular formula is C18H20N2O4. The van der Waals surface area contributed by atoms with E-state index in [1.165, 1.54) is 0 Å². The zero-order valence-electron chi connectivity index (χ0n) is 13.6. The lowest BCUT2D eigenvalue weighted by Crippen LogP contribution is -2.56. The Morgan fingerprint density at radius 3 is 2.75 bits per heavy atom. The first-order valence-electron chi connectivity index (χ1n) is 7.82. The monoisotopic (exact) mass is 328 g/mol. The van der Waals surface area contributed by atoms with Crippen LogP contribution < -0.4 is 0 Å². The van der Waals surface area contributed by atoms with Crippen molar-refractivity contribution in [3.8, 4) is 0 Å². The van der Waals surface area contributed by atoms with Gasteiger partial charge < -0.3 is 19.0 Å². The first kappa shape index (κ1) is 16.3. The molecule has 0 saturated carbocycles. The van der Waals surface area contributed by atoms with Gasteiger partial charge in [-0.2, -0.15) is 0 Å². The second-order valence-electron chi connectivity index (χ2n) is 5.86. The minimum absolute atomic E-state index is 0.0159. The summed E-state index contributed by atoms with van der Waals surface area (Å²) in [4.78, 5) is 28.3. The van der Waals surface area contributed by atoms with Crippen molar-refractivity contribution in [3.63, 3.8) is 0 Å². The Morgan fingerprint density at radius 1 is 1.25 bits per heavy atom. The highest BCUT2D eigenvalue weighted by atomic mass is 16.5. The van der Waals surface area contributed by atoms with E-state index in [1.807, 2.05) is 36.4 Å². The molecule has 24 heavy (non-hydrogen) atoms. The summed E-state index contributed by atoms with van der Waals surface area (Å²) < 4.78 is 10.3. The van der Waals surface area contributed by atoms with Gasteiger partial charge in [0.05, 0.1) is 19.1 Å². The Hall–Kier alpha value is -2.60. The molecule has 6 nitrogen and oxygen atoms in total. The molecule has 1 aliphatic rings. The molecule has 3 rings (SSSR count). The fraction of sp³-hybridized carbons (Fsp3) is 0.333. The summed E-state index contributed by atoms with van der Waals surface area (Å²) >= 11 is 0. The van der Waals surface area contributed by atoms with Crippen LogP contribution in [0.1, 0.15) is 11.1 Å². The molecule has 2 amide bonds. The molecule has 2 aromatic rings. The number of furan rings is 1. The molecule has 0 radical (unpaired) electrons. The molecule has 0 bridgehead atoms. The molecule has 0 spiro atoms. The van der Waals surface area contributed by atoms with E-state index in [0.29, 0.717) is 13.1 Å². The van der Waals surface area contributed by atoms with Gasteiger partial charge in [0.15, 0.2) is 0 Å². The molecule has 1 fully saturated rings. The molecule has 1 aromatic heterocycles. The summed E-state index contributed by atoms with van der Waals surface area (Å²) in [7, 11) is 1.72. The molecule has 126 valence electrons. The van der Waals surface area contributed by atoms with Crippen molar-refractivity contribution in [1.82, 2.24) is 9.80 Å². The van der Waals surface area contributed by atoms with E-state index in [4.69, 9.17) is 9.15 Å². The first-order valence-corrected chi connectivity index (χ1v) is 7.82. The largest absolute Gasteiger partial charge is 0.472 e. The van der Waals surface area contributed by atoms with E-state index in [2.05, 4.69) is 0 Å². The maximum absolute atomic E-state index is 12.8. The van der Waals surface area contributed by atoms with Gasteiger partial charge in [-0.25, -0.2) is 0 Å². The Morgan fingerprint density at radius 2 is 2.04 bits per heavy atom. The average Bonchev–Trinajstić information content (AvgIpc) is 3.10. The van der Waals surface area contributed by atoms with Crippen LogP contribution in [-0.4, -0.2) is 47.9 Å². The number of hydrogen-bond acceptors (Lipinski definition) is 4. The summed E-state index contributed by atoms with van der Waals surface area (Å²) in [6.07, 6.45) is 3.18. The van der Waals surface area contributed by atoms with Crippen LogP contribution in [0.5, 0.6) is 0 Å². The van der Waals surface area contributed by atoms with Crippen LogP contribution in [0.2, 0.25) is 0 Å². The SMILES string of the molecule is CN(Cc1ccoc1)C(=O)[C@H]1COCC(=O)N1Cc1ccccc1. The van der Waals surface area contributed by atoms with Crippen molar-refractivity contribution in [2.24, 2.45) is 0 Å². The van der Waals surface area contributed by atoms with Crippen molar-refractivity contribution in [1.29, 1.82) is 0 Å². The molecule has 0 N–H and O–H groups in total. The summed E-state index contributed by atoms with van der Waals surface area (Å²) in [6.45, 7) is 1.06. The van der Waals surface area contributed by atoms with Gasteiger partial charge >= 0.3 is 0 Å². The van der Waals surface area contributed by atoms with Crippen LogP contribution in [0.25, 0.3) is 0 Å². The standard InChI is InChI=1S/C18H20N2O4/c1-19(9-15-7-8-23-11-15)18(22)16-12-24-13-17(21)20(16)10-14-5-3-2-4-6-14/h2-8,11,16H,9-10,12-13H2,1H3/t16-/m1/s1. The number of likely N-dealkylation sites (N-methyl/N-ethyl adjacent to an activating group) is 1. The van der Waals surface area contributed by atoms with Gasteiger partial charge in [0.1, 0.15) is 12.6 Å². The highest BCUT2D eigenvalue weighted by Gasteiger charge is 2.35. The van der Waals surface area contributed by atoms with Gasteiger partial charge in [-0.1, -0.05) is 30.3 Å². The Kier molecular flexibility index (Phi) is 4.96. The van der Waals surface area contributed by atoms with Crippen molar-refractivity contribution >= 4 is 11.8 Å². The number of nitrogens with zero attached hydrogens (tertiary/aromatic N) is 2. The minimum Gasteiger partial charge on any atom is -0.472 e. The van der Waals surface area contributed by atoms with E-state index in [1.54, 1.807) is 29.4 Å². The van der Waals surface area contributed by atoms with Gasteiger partial charge in [0.25, 0.3) is 0 Å². The van der Waals surface area contributed by atoms with Crippen molar-refractivity contribution in [3.05, 3.63) is 60.1 Å². The fourth-order valence-corrected chi connectivity index (χ4v) is 2.78. The summed E-state index contributed by atoms with van der Waals surface area (Å²) in [5.74, 6) is -0.305. The number of morpholine rings is 1. The van der Waals surface area contributed by atoms with Gasteiger partial charge in [0.2, 0.25) is 11.8 Å². The molecule has 2 heterocycles. The van der Waals surface area contributed by atoms with Crippen molar-refractivity contribution < 1.29 is 18.7 Å². The maximum atomic E-state index is 12.8. The number of ether oxygens (including phenoxy) is 1. The zero-order chi connectivity index (χ0) is 16.9. The van der Waals surface area contributed by atoms with Crippen molar-refractivity contribution in [2.45, 2.75) is 19.1 Å². The average molecular weight is 328 g/mol. The molecule has 6 heteroatoms. The van der Waals surface area contributed by atoms with E-state index < -0.39 is 6.04 Å². The number of carbonyl (C=O) groups excluding carboxylic acids is 2. The molecule has 1 atom stereocenters. The molecular weight excluding hydrogens is 308 g/mol. The number of hydrogen-bond donors (Lipinski definition) is 0. The first-order chi connectivity index (χ1) is 11.6. The lowest BCUT2D eigenvalue weighted by Gasteiger charge is -2.36. The van der Waals surface area contributed by atoms with Crippen LogP contribution in [-0.2, 0) is 27.4 Å². The fourth-order valence-electron chi connectivity index (χ4n) is 2.78. The minimum atomic E-state index is -0.608. The van der Waals surface area contributed by atoms with E-state index in [0.717, 1.165) is 11.1 Å². The third-order valence-electron chi connectivity index (χ3n) is 4.05. The van der Waals surface area contributed by atoms with Crippen LogP contribution in [0.4, 0.5) is 0 Å². The molecule has 0 aliphatic carbocycles. The number of benzene rings is 1. The number of rotatable bonds is 5. The topological polar surface area (TPSA) is 63.0 Å². The second kappa shape index (κ2) is 7.31. The lowest BCUT2D eigenvalue weighted by atomic mass is 10.1. The molecule has 1 aromatic carbocycles. The zero-order valence-corrected chi connectivity index (χ0v) is 13.6. The Balaban J connectivity index is 1.73. The van der Waals surface area contributed by atoms with Crippen molar-refractivity contribution in [2.75, 3.05) is 20.3 Å². The highest BCUT2D eigenvalue weighted by Crippen LogP contribution is 2.16. The van der Waals surface area contributed by atoms with Gasteiger partial charge in [-0.3, -0.25) is 9.59 Å². The van der Waals surface area contributed by atoms with Gasteiger partial charge in [0, 0.05) is 25.7 Å². The van der Waals surface area contributed by atoms with E-state index in [-0.39, 0.29) is 25.0 Å².